The van der Waals surface area contributed by atoms with Gasteiger partial charge in [-0.15, -0.1) is 0 Å². The minimum Gasteiger partial charge on any atom is -0.497 e. The molecule has 0 spiro atoms. The lowest BCUT2D eigenvalue weighted by atomic mass is 9.78. The fourth-order valence-electron chi connectivity index (χ4n) is 3.45. The summed E-state index contributed by atoms with van der Waals surface area (Å²) in [6.45, 7) is 0.761. The third kappa shape index (κ3) is 3.66. The van der Waals surface area contributed by atoms with Crippen molar-refractivity contribution in [2.24, 2.45) is 5.73 Å². The van der Waals surface area contributed by atoms with Crippen LogP contribution in [0.3, 0.4) is 0 Å². The van der Waals surface area contributed by atoms with Gasteiger partial charge < -0.3 is 26.1 Å². The number of ether oxygens (including phenoxy) is 1. The second-order valence-electron chi connectivity index (χ2n) is 7.18. The fraction of sp³-hybridized carbons (Fsp3) is 0.421. The molecule has 0 atom stereocenters. The number of fused-ring (bicyclic) bond motifs is 1. The Kier molecular flexibility index (Phi) is 4.57. The summed E-state index contributed by atoms with van der Waals surface area (Å²) in [5.74, 6) is 3.27. The first-order valence-corrected chi connectivity index (χ1v) is 9.15. The Bertz CT molecular complexity index is 948. The second kappa shape index (κ2) is 7.03. The van der Waals surface area contributed by atoms with Crippen molar-refractivity contribution in [1.29, 1.82) is 0 Å². The number of nitrogen functional groups attached to an aromatic ring is 1. The predicted octanol–water partition coefficient (Wildman–Crippen LogP) is 1.83. The van der Waals surface area contributed by atoms with Crippen LogP contribution in [0, 0.1) is 0 Å². The van der Waals surface area contributed by atoms with Gasteiger partial charge in [-0.3, -0.25) is 0 Å². The highest BCUT2D eigenvalue weighted by atomic mass is 16.5. The number of aromatic amines is 1. The molecule has 1 aromatic carbocycles. The molecular formula is C19H25N7O. The van der Waals surface area contributed by atoms with Gasteiger partial charge in [0.25, 0.3) is 0 Å². The Morgan fingerprint density at radius 1 is 1.22 bits per heavy atom. The maximum atomic E-state index is 5.92. The van der Waals surface area contributed by atoms with Crippen LogP contribution in [-0.4, -0.2) is 46.7 Å². The van der Waals surface area contributed by atoms with Crippen molar-refractivity contribution in [2.75, 3.05) is 31.3 Å². The molecule has 142 valence electrons. The summed E-state index contributed by atoms with van der Waals surface area (Å²) in [6, 6.07) is 8.13. The predicted molar refractivity (Wildman–Crippen MR) is 106 cm³/mol. The summed E-state index contributed by atoms with van der Waals surface area (Å²) in [7, 11) is 3.66. The molecule has 2 aromatic heterocycles. The van der Waals surface area contributed by atoms with Gasteiger partial charge in [-0.25, -0.2) is 9.97 Å². The van der Waals surface area contributed by atoms with E-state index >= 15 is 0 Å². The lowest BCUT2D eigenvalue weighted by Gasteiger charge is -2.32. The Balaban J connectivity index is 1.45. The number of imidazole rings is 1. The standard InChI is InChI=1S/C19H25N7O/c1-26(18-10-15(24-19(21)25-18)11-7-12(20)8-11)6-5-17-22-14-4-3-13(27-2)9-16(14)23-17/h3-4,9-12H,5-8,20H2,1-2H3,(H,22,23)(H2,21,24,25). The Morgan fingerprint density at radius 3 is 2.78 bits per heavy atom. The molecule has 1 saturated carbocycles. The largest absolute Gasteiger partial charge is 0.497 e. The van der Waals surface area contributed by atoms with Gasteiger partial charge in [-0.2, -0.15) is 4.98 Å². The number of aromatic nitrogens is 4. The van der Waals surface area contributed by atoms with Crippen LogP contribution in [0.15, 0.2) is 24.3 Å². The van der Waals surface area contributed by atoms with E-state index in [9.17, 15) is 0 Å². The highest BCUT2D eigenvalue weighted by Crippen LogP contribution is 2.35. The molecule has 0 bridgehead atoms. The molecule has 0 saturated heterocycles. The molecule has 0 aliphatic heterocycles. The smallest absolute Gasteiger partial charge is 0.222 e. The van der Waals surface area contributed by atoms with E-state index in [0.717, 1.165) is 59.9 Å². The number of likely N-dealkylation sites (N-methyl/N-ethyl adjacent to an activating group) is 1. The normalized spacial score (nSPS) is 19.1. The van der Waals surface area contributed by atoms with Crippen molar-refractivity contribution < 1.29 is 4.74 Å². The molecule has 27 heavy (non-hydrogen) atoms. The van der Waals surface area contributed by atoms with E-state index in [-0.39, 0.29) is 6.04 Å². The Morgan fingerprint density at radius 2 is 2.04 bits per heavy atom. The maximum absolute atomic E-state index is 5.92. The van der Waals surface area contributed by atoms with Crippen molar-refractivity contribution in [1.82, 2.24) is 19.9 Å². The summed E-state index contributed by atoms with van der Waals surface area (Å²) in [5, 5.41) is 0. The molecule has 0 unspecified atom stereocenters. The molecule has 2 heterocycles. The zero-order valence-electron chi connectivity index (χ0n) is 15.6. The first-order valence-electron chi connectivity index (χ1n) is 9.15. The zero-order chi connectivity index (χ0) is 19.0. The van der Waals surface area contributed by atoms with Gasteiger partial charge in [0.1, 0.15) is 17.4 Å². The fourth-order valence-corrected chi connectivity index (χ4v) is 3.45. The van der Waals surface area contributed by atoms with E-state index in [2.05, 4.69) is 24.8 Å². The molecule has 1 aliphatic rings. The number of hydrogen-bond acceptors (Lipinski definition) is 7. The Hall–Kier alpha value is -2.87. The number of nitrogens with one attached hydrogen (secondary N) is 1. The Labute approximate surface area is 158 Å². The van der Waals surface area contributed by atoms with E-state index in [4.69, 9.17) is 16.2 Å². The van der Waals surface area contributed by atoms with Crippen LogP contribution >= 0.6 is 0 Å². The van der Waals surface area contributed by atoms with Crippen LogP contribution in [0.25, 0.3) is 11.0 Å². The summed E-state index contributed by atoms with van der Waals surface area (Å²) in [5.41, 5.74) is 14.7. The monoisotopic (exact) mass is 367 g/mol. The van der Waals surface area contributed by atoms with Gasteiger partial charge in [0, 0.05) is 44.1 Å². The SMILES string of the molecule is COc1ccc2nc(CCN(C)c3cc(C4CC(N)C4)nc(N)n3)[nH]c2c1. The van der Waals surface area contributed by atoms with E-state index < -0.39 is 0 Å². The average molecular weight is 367 g/mol. The lowest BCUT2D eigenvalue weighted by Crippen LogP contribution is -2.35. The maximum Gasteiger partial charge on any atom is 0.222 e. The second-order valence-corrected chi connectivity index (χ2v) is 7.18. The van der Waals surface area contributed by atoms with E-state index in [1.54, 1.807) is 7.11 Å². The summed E-state index contributed by atoms with van der Waals surface area (Å²) < 4.78 is 5.26. The number of anilines is 2. The number of H-pyrrole nitrogens is 1. The van der Waals surface area contributed by atoms with Crippen molar-refractivity contribution in [3.05, 3.63) is 35.8 Å². The molecule has 3 aromatic rings. The molecule has 4 rings (SSSR count). The molecule has 1 aliphatic carbocycles. The quantitative estimate of drug-likeness (QED) is 0.608. The third-order valence-corrected chi connectivity index (χ3v) is 5.16. The van der Waals surface area contributed by atoms with Crippen molar-refractivity contribution in [3.63, 3.8) is 0 Å². The van der Waals surface area contributed by atoms with E-state index in [1.807, 2.05) is 31.3 Å². The van der Waals surface area contributed by atoms with E-state index in [0.29, 0.717) is 11.9 Å². The third-order valence-electron chi connectivity index (χ3n) is 5.16. The topological polar surface area (TPSA) is 119 Å². The van der Waals surface area contributed by atoms with Crippen LogP contribution in [0.5, 0.6) is 5.75 Å². The van der Waals surface area contributed by atoms with Crippen molar-refractivity contribution in [3.8, 4) is 5.75 Å². The highest BCUT2D eigenvalue weighted by molar-refractivity contribution is 5.76. The highest BCUT2D eigenvalue weighted by Gasteiger charge is 2.29. The van der Waals surface area contributed by atoms with Gasteiger partial charge in [0.05, 0.1) is 23.8 Å². The number of rotatable bonds is 6. The molecular weight excluding hydrogens is 342 g/mol. The van der Waals surface area contributed by atoms with Crippen LogP contribution < -0.4 is 21.1 Å². The lowest BCUT2D eigenvalue weighted by molar-refractivity contribution is 0.345. The molecule has 0 amide bonds. The van der Waals surface area contributed by atoms with Crippen LogP contribution in [0.4, 0.5) is 11.8 Å². The first kappa shape index (κ1) is 17.5. The van der Waals surface area contributed by atoms with Crippen LogP contribution in [-0.2, 0) is 6.42 Å². The number of hydrogen-bond donors (Lipinski definition) is 3. The van der Waals surface area contributed by atoms with Crippen LogP contribution in [0.2, 0.25) is 0 Å². The number of methoxy groups -OCH3 is 1. The summed E-state index contributed by atoms with van der Waals surface area (Å²) >= 11 is 0. The zero-order valence-corrected chi connectivity index (χ0v) is 15.6. The minimum atomic E-state index is 0.277. The average Bonchev–Trinajstić information content (AvgIpc) is 3.04. The van der Waals surface area contributed by atoms with Gasteiger partial charge in [0.2, 0.25) is 5.95 Å². The van der Waals surface area contributed by atoms with Gasteiger partial charge in [-0.05, 0) is 25.0 Å². The molecule has 8 heteroatoms. The number of nitrogens with two attached hydrogens (primary N) is 2. The minimum absolute atomic E-state index is 0.277. The molecule has 1 fully saturated rings. The molecule has 5 N–H and O–H groups in total. The van der Waals surface area contributed by atoms with Gasteiger partial charge in [-0.1, -0.05) is 0 Å². The summed E-state index contributed by atoms with van der Waals surface area (Å²) in [4.78, 5) is 18.8. The summed E-state index contributed by atoms with van der Waals surface area (Å²) in [6.07, 6.45) is 2.69. The number of nitrogens with zero attached hydrogens (tertiary/aromatic N) is 4. The van der Waals surface area contributed by atoms with Gasteiger partial charge >= 0.3 is 0 Å². The molecule has 8 nitrogen and oxygen atoms in total. The van der Waals surface area contributed by atoms with Crippen molar-refractivity contribution in [2.45, 2.75) is 31.2 Å². The van der Waals surface area contributed by atoms with Crippen LogP contribution in [0.1, 0.15) is 30.3 Å². The van der Waals surface area contributed by atoms with E-state index in [1.165, 1.54) is 0 Å². The number of benzene rings is 1. The van der Waals surface area contributed by atoms with Crippen molar-refractivity contribution >= 4 is 22.8 Å². The first-order chi connectivity index (χ1) is 13.0. The molecule has 0 radical (unpaired) electrons. The van der Waals surface area contributed by atoms with Gasteiger partial charge in [0.15, 0.2) is 0 Å².